The molecule has 0 atom stereocenters. The highest BCUT2D eigenvalue weighted by molar-refractivity contribution is 5.85. The van der Waals surface area contributed by atoms with Crippen molar-refractivity contribution >= 4 is 18.3 Å². The predicted octanol–water partition coefficient (Wildman–Crippen LogP) is 0.842. The van der Waals surface area contributed by atoms with Gasteiger partial charge < -0.3 is 10.8 Å². The van der Waals surface area contributed by atoms with Crippen LogP contribution in [0, 0.1) is 0 Å². The zero-order chi connectivity index (χ0) is 8.27. The molecule has 0 saturated carbocycles. The predicted molar refractivity (Wildman–Crippen MR) is 48.3 cm³/mol. The Bertz CT molecular complexity index is 276. The summed E-state index contributed by atoms with van der Waals surface area (Å²) in [6.07, 6.45) is 0.0900. The number of halogens is 1. The van der Waals surface area contributed by atoms with Crippen molar-refractivity contribution in [2.24, 2.45) is 5.73 Å². The first-order chi connectivity index (χ1) is 5.20. The van der Waals surface area contributed by atoms with E-state index in [0.29, 0.717) is 5.56 Å². The van der Waals surface area contributed by atoms with E-state index in [4.69, 9.17) is 10.8 Å². The van der Waals surface area contributed by atoms with Gasteiger partial charge in [-0.25, -0.2) is 0 Å². The number of nitrogens with two attached hydrogens (primary N) is 1. The summed E-state index contributed by atoms with van der Waals surface area (Å²) >= 11 is 0. The number of hydrogen-bond donors (Lipinski definition) is 2. The minimum atomic E-state index is -0.438. The Morgan fingerprint density at radius 2 is 2.00 bits per heavy atom. The Kier molecular flexibility index (Phi) is 4.15. The topological polar surface area (TPSA) is 63.3 Å². The maximum atomic E-state index is 10.4. The number of aromatic hydroxyl groups is 1. The number of phenols is 1. The highest BCUT2D eigenvalue weighted by atomic mass is 35.5. The van der Waals surface area contributed by atoms with Crippen molar-refractivity contribution in [3.8, 4) is 5.75 Å². The summed E-state index contributed by atoms with van der Waals surface area (Å²) in [5.74, 6) is -0.321. The van der Waals surface area contributed by atoms with Crippen molar-refractivity contribution in [2.45, 2.75) is 6.42 Å². The van der Waals surface area contributed by atoms with Crippen LogP contribution in [0.25, 0.3) is 0 Å². The summed E-state index contributed by atoms with van der Waals surface area (Å²) in [5, 5.41) is 9.15. The van der Waals surface area contributed by atoms with Gasteiger partial charge >= 0.3 is 0 Å². The summed E-state index contributed by atoms with van der Waals surface area (Å²) < 4.78 is 0. The van der Waals surface area contributed by atoms with E-state index in [2.05, 4.69) is 0 Å². The molecule has 0 heterocycles. The van der Waals surface area contributed by atoms with Crippen LogP contribution < -0.4 is 5.73 Å². The molecule has 0 aliphatic carbocycles. The van der Waals surface area contributed by atoms with Gasteiger partial charge in [0.25, 0.3) is 0 Å². The van der Waals surface area contributed by atoms with Gasteiger partial charge in [0.1, 0.15) is 5.75 Å². The van der Waals surface area contributed by atoms with Gasteiger partial charge in [0, 0.05) is 5.56 Å². The second kappa shape index (κ2) is 4.62. The lowest BCUT2D eigenvalue weighted by Crippen LogP contribution is -2.13. The van der Waals surface area contributed by atoms with Gasteiger partial charge in [0.2, 0.25) is 5.91 Å². The number of benzene rings is 1. The van der Waals surface area contributed by atoms with E-state index in [9.17, 15) is 4.79 Å². The van der Waals surface area contributed by atoms with E-state index in [1.165, 1.54) is 6.07 Å². The molecule has 1 rings (SSSR count). The Balaban J connectivity index is 0.00000121. The number of amides is 1. The summed E-state index contributed by atoms with van der Waals surface area (Å²) in [7, 11) is 0. The Labute approximate surface area is 76.6 Å². The third-order valence-corrected chi connectivity index (χ3v) is 1.36. The molecule has 0 fully saturated rings. The Hall–Kier alpha value is -1.22. The van der Waals surface area contributed by atoms with Crippen molar-refractivity contribution in [1.29, 1.82) is 0 Å². The van der Waals surface area contributed by atoms with E-state index in [1.807, 2.05) is 0 Å². The lowest BCUT2D eigenvalue weighted by molar-refractivity contribution is -0.117. The third kappa shape index (κ3) is 2.80. The zero-order valence-electron chi connectivity index (χ0n) is 6.36. The van der Waals surface area contributed by atoms with E-state index in [1.54, 1.807) is 18.2 Å². The molecule has 0 aliphatic heterocycles. The molecule has 1 amide bonds. The average Bonchev–Trinajstić information content (AvgIpc) is 1.93. The van der Waals surface area contributed by atoms with Crippen LogP contribution >= 0.6 is 12.4 Å². The molecule has 1 aromatic rings. The van der Waals surface area contributed by atoms with Gasteiger partial charge in [0.05, 0.1) is 6.42 Å². The van der Waals surface area contributed by atoms with Gasteiger partial charge in [0.15, 0.2) is 0 Å². The Morgan fingerprint density at radius 1 is 1.42 bits per heavy atom. The van der Waals surface area contributed by atoms with Gasteiger partial charge in [-0.1, -0.05) is 18.2 Å². The second-order valence-electron chi connectivity index (χ2n) is 2.27. The van der Waals surface area contributed by atoms with Crippen molar-refractivity contribution in [1.82, 2.24) is 0 Å². The minimum absolute atomic E-state index is 0. The first-order valence-electron chi connectivity index (χ1n) is 3.25. The van der Waals surface area contributed by atoms with Crippen molar-refractivity contribution < 1.29 is 9.90 Å². The molecule has 3 nitrogen and oxygen atoms in total. The van der Waals surface area contributed by atoms with Crippen LogP contribution in [0.2, 0.25) is 0 Å². The average molecular weight is 188 g/mol. The normalized spacial score (nSPS) is 8.67. The number of rotatable bonds is 2. The molecule has 66 valence electrons. The molecule has 12 heavy (non-hydrogen) atoms. The third-order valence-electron chi connectivity index (χ3n) is 1.36. The molecule has 0 aliphatic rings. The molecule has 0 unspecified atom stereocenters. The van der Waals surface area contributed by atoms with Crippen LogP contribution in [0.3, 0.4) is 0 Å². The lowest BCUT2D eigenvalue weighted by Gasteiger charge is -1.99. The number of carbonyl (C=O) groups is 1. The molecule has 0 bridgehead atoms. The van der Waals surface area contributed by atoms with Gasteiger partial charge in [-0.3, -0.25) is 4.79 Å². The van der Waals surface area contributed by atoms with Crippen molar-refractivity contribution in [3.63, 3.8) is 0 Å². The highest BCUT2D eigenvalue weighted by Gasteiger charge is 2.01. The molecule has 0 saturated heterocycles. The summed E-state index contributed by atoms with van der Waals surface area (Å²) in [6, 6.07) is 6.64. The van der Waals surface area contributed by atoms with Crippen molar-refractivity contribution in [2.75, 3.05) is 0 Å². The minimum Gasteiger partial charge on any atom is -0.508 e. The lowest BCUT2D eigenvalue weighted by atomic mass is 10.1. The zero-order valence-corrected chi connectivity index (χ0v) is 7.17. The quantitative estimate of drug-likeness (QED) is 0.721. The van der Waals surface area contributed by atoms with Crippen LogP contribution in [0.1, 0.15) is 5.56 Å². The van der Waals surface area contributed by atoms with Gasteiger partial charge in [-0.05, 0) is 6.07 Å². The molecule has 3 N–H and O–H groups in total. The van der Waals surface area contributed by atoms with E-state index < -0.39 is 5.91 Å². The summed E-state index contributed by atoms with van der Waals surface area (Å²) in [5.41, 5.74) is 5.51. The number of carbonyl (C=O) groups excluding carboxylic acids is 1. The molecule has 0 spiro atoms. The van der Waals surface area contributed by atoms with Crippen LogP contribution in [-0.4, -0.2) is 11.0 Å². The number of primary amides is 1. The smallest absolute Gasteiger partial charge is 0.221 e. The fourth-order valence-corrected chi connectivity index (χ4v) is 0.848. The number of para-hydroxylation sites is 1. The van der Waals surface area contributed by atoms with Gasteiger partial charge in [-0.2, -0.15) is 0 Å². The fraction of sp³-hybridized carbons (Fsp3) is 0.125. The second-order valence-corrected chi connectivity index (χ2v) is 2.27. The van der Waals surface area contributed by atoms with E-state index in [0.717, 1.165) is 0 Å². The largest absolute Gasteiger partial charge is 0.508 e. The standard InChI is InChI=1S/C8H9NO2.ClH/c9-8(11)5-6-3-1-2-4-7(6)10;/h1-4,10H,5H2,(H2,9,11);1H. The first kappa shape index (κ1) is 10.8. The van der Waals surface area contributed by atoms with Crippen LogP contribution in [0.15, 0.2) is 24.3 Å². The van der Waals surface area contributed by atoms with E-state index in [-0.39, 0.29) is 24.6 Å². The summed E-state index contributed by atoms with van der Waals surface area (Å²) in [6.45, 7) is 0. The molecule has 0 aromatic heterocycles. The SMILES string of the molecule is Cl.NC(=O)Cc1ccccc1O. The maximum absolute atomic E-state index is 10.4. The molecule has 0 radical (unpaired) electrons. The fourth-order valence-electron chi connectivity index (χ4n) is 0.848. The first-order valence-corrected chi connectivity index (χ1v) is 3.25. The molecule has 4 heteroatoms. The number of phenolic OH excluding ortho intramolecular Hbond substituents is 1. The van der Waals surface area contributed by atoms with Crippen LogP contribution in [0.4, 0.5) is 0 Å². The molecular weight excluding hydrogens is 178 g/mol. The maximum Gasteiger partial charge on any atom is 0.221 e. The van der Waals surface area contributed by atoms with E-state index >= 15 is 0 Å². The van der Waals surface area contributed by atoms with Crippen molar-refractivity contribution in [3.05, 3.63) is 29.8 Å². The van der Waals surface area contributed by atoms with Crippen LogP contribution in [0.5, 0.6) is 5.75 Å². The van der Waals surface area contributed by atoms with Gasteiger partial charge in [-0.15, -0.1) is 12.4 Å². The molecule has 1 aromatic carbocycles. The number of hydrogen-bond acceptors (Lipinski definition) is 2. The molecular formula is C8H10ClNO2. The Morgan fingerprint density at radius 3 is 2.50 bits per heavy atom. The summed E-state index contributed by atoms with van der Waals surface area (Å²) in [4.78, 5) is 10.4. The van der Waals surface area contributed by atoms with Crippen LogP contribution in [-0.2, 0) is 11.2 Å². The highest BCUT2D eigenvalue weighted by Crippen LogP contribution is 2.15. The monoisotopic (exact) mass is 187 g/mol.